The van der Waals surface area contributed by atoms with E-state index in [0.29, 0.717) is 5.56 Å². The van der Waals surface area contributed by atoms with E-state index in [1.165, 1.54) is 6.07 Å². The Morgan fingerprint density at radius 2 is 1.89 bits per heavy atom. The Morgan fingerprint density at radius 3 is 2.47 bits per heavy atom. The number of hydrogen-bond donors (Lipinski definition) is 1. The molecule has 1 atom stereocenters. The second-order valence-corrected chi connectivity index (χ2v) is 4.88. The second-order valence-electron chi connectivity index (χ2n) is 4.88. The number of furan rings is 1. The van der Waals surface area contributed by atoms with E-state index >= 15 is 0 Å². The van der Waals surface area contributed by atoms with Gasteiger partial charge < -0.3 is 9.73 Å². The van der Waals surface area contributed by atoms with Gasteiger partial charge in [-0.3, -0.25) is 0 Å². The number of aryl methyl sites for hydroxylation is 3. The van der Waals surface area contributed by atoms with Gasteiger partial charge in [0.1, 0.15) is 17.3 Å². The van der Waals surface area contributed by atoms with E-state index in [-0.39, 0.29) is 11.9 Å². The van der Waals surface area contributed by atoms with E-state index in [2.05, 4.69) is 5.32 Å². The van der Waals surface area contributed by atoms with Crippen LogP contribution in [0.25, 0.3) is 0 Å². The summed E-state index contributed by atoms with van der Waals surface area (Å²) in [6, 6.07) is 7.02. The summed E-state index contributed by atoms with van der Waals surface area (Å²) in [5.74, 6) is 1.50. The molecule has 0 radical (unpaired) electrons. The summed E-state index contributed by atoms with van der Waals surface area (Å²) in [5, 5.41) is 3.34. The van der Waals surface area contributed by atoms with Crippen molar-refractivity contribution in [1.82, 2.24) is 5.32 Å². The molecule has 2 aromatic rings. The van der Waals surface area contributed by atoms with Gasteiger partial charge in [0.15, 0.2) is 0 Å². The highest BCUT2D eigenvalue weighted by molar-refractivity contribution is 5.37. The lowest BCUT2D eigenvalue weighted by Gasteiger charge is -2.19. The van der Waals surface area contributed by atoms with E-state index in [1.54, 1.807) is 6.07 Å². The molecular weight excluding hydrogens is 241 g/mol. The fourth-order valence-electron chi connectivity index (χ4n) is 2.41. The van der Waals surface area contributed by atoms with Crippen LogP contribution in [0.15, 0.2) is 28.7 Å². The summed E-state index contributed by atoms with van der Waals surface area (Å²) in [5.41, 5.74) is 2.73. The lowest BCUT2D eigenvalue weighted by Crippen LogP contribution is -2.23. The van der Waals surface area contributed by atoms with Crippen LogP contribution in [-0.4, -0.2) is 6.54 Å². The highest BCUT2D eigenvalue weighted by Crippen LogP contribution is 2.29. The van der Waals surface area contributed by atoms with E-state index in [4.69, 9.17) is 4.42 Å². The minimum Gasteiger partial charge on any atom is -0.466 e. The third-order valence-electron chi connectivity index (χ3n) is 3.26. The maximum atomic E-state index is 14.1. The fraction of sp³-hybridized carbons (Fsp3) is 0.375. The summed E-state index contributed by atoms with van der Waals surface area (Å²) >= 11 is 0. The van der Waals surface area contributed by atoms with Crippen molar-refractivity contribution < 1.29 is 8.81 Å². The van der Waals surface area contributed by atoms with Crippen LogP contribution in [0, 0.1) is 26.6 Å². The first-order chi connectivity index (χ1) is 9.02. The summed E-state index contributed by atoms with van der Waals surface area (Å²) in [6.45, 7) is 8.58. The molecule has 0 spiro atoms. The molecule has 0 bridgehead atoms. The molecule has 3 heteroatoms. The van der Waals surface area contributed by atoms with Crippen LogP contribution in [0.5, 0.6) is 0 Å². The Kier molecular flexibility index (Phi) is 4.05. The highest BCUT2D eigenvalue weighted by atomic mass is 19.1. The van der Waals surface area contributed by atoms with Crippen molar-refractivity contribution in [2.24, 2.45) is 0 Å². The summed E-state index contributed by atoms with van der Waals surface area (Å²) < 4.78 is 19.7. The van der Waals surface area contributed by atoms with Gasteiger partial charge >= 0.3 is 0 Å². The number of benzene rings is 1. The largest absolute Gasteiger partial charge is 0.466 e. The summed E-state index contributed by atoms with van der Waals surface area (Å²) in [4.78, 5) is 0. The Labute approximate surface area is 113 Å². The first-order valence-electron chi connectivity index (χ1n) is 6.59. The number of hydrogen-bond acceptors (Lipinski definition) is 2. The van der Waals surface area contributed by atoms with Crippen LogP contribution in [0.2, 0.25) is 0 Å². The Bertz CT molecular complexity index is 574. The molecule has 1 aromatic heterocycles. The molecule has 0 aliphatic heterocycles. The lowest BCUT2D eigenvalue weighted by molar-refractivity contribution is 0.492. The van der Waals surface area contributed by atoms with Crippen molar-refractivity contribution in [2.45, 2.75) is 33.7 Å². The molecule has 2 rings (SSSR count). The van der Waals surface area contributed by atoms with Gasteiger partial charge in [-0.2, -0.15) is 0 Å². The number of halogens is 1. The van der Waals surface area contributed by atoms with Crippen molar-refractivity contribution in [2.75, 3.05) is 6.54 Å². The average molecular weight is 261 g/mol. The molecule has 19 heavy (non-hydrogen) atoms. The van der Waals surface area contributed by atoms with Crippen molar-refractivity contribution in [1.29, 1.82) is 0 Å². The molecule has 1 unspecified atom stereocenters. The topological polar surface area (TPSA) is 25.2 Å². The lowest BCUT2D eigenvalue weighted by atomic mass is 9.97. The Balaban J connectivity index is 2.51. The van der Waals surface area contributed by atoms with Crippen LogP contribution < -0.4 is 5.32 Å². The van der Waals surface area contributed by atoms with Gasteiger partial charge in [0, 0.05) is 11.1 Å². The molecule has 0 aliphatic carbocycles. The van der Waals surface area contributed by atoms with Crippen LogP contribution >= 0.6 is 0 Å². The maximum Gasteiger partial charge on any atom is 0.128 e. The monoisotopic (exact) mass is 261 g/mol. The van der Waals surface area contributed by atoms with Gasteiger partial charge in [0.05, 0.1) is 6.04 Å². The van der Waals surface area contributed by atoms with Gasteiger partial charge in [0.2, 0.25) is 0 Å². The molecular formula is C16H20FNO. The predicted molar refractivity (Wildman–Crippen MR) is 74.8 cm³/mol. The van der Waals surface area contributed by atoms with Crippen LogP contribution in [-0.2, 0) is 0 Å². The Morgan fingerprint density at radius 1 is 1.16 bits per heavy atom. The first-order valence-corrected chi connectivity index (χ1v) is 6.59. The predicted octanol–water partition coefficient (Wildman–Crippen LogP) is 4.04. The van der Waals surface area contributed by atoms with Crippen molar-refractivity contribution in [3.63, 3.8) is 0 Å². The molecule has 1 N–H and O–H groups in total. The Hall–Kier alpha value is -1.61. The minimum atomic E-state index is -0.185. The normalized spacial score (nSPS) is 12.7. The molecule has 2 nitrogen and oxygen atoms in total. The standard InChI is InChI=1S/C16H20FNO/c1-5-18-16(13-9-11(3)19-12(13)4)14-8-10(2)6-7-15(14)17/h6-9,16,18H,5H2,1-4H3. The molecule has 1 heterocycles. The third kappa shape index (κ3) is 2.87. The first kappa shape index (κ1) is 13.8. The highest BCUT2D eigenvalue weighted by Gasteiger charge is 2.21. The zero-order valence-electron chi connectivity index (χ0n) is 11.9. The third-order valence-corrected chi connectivity index (χ3v) is 3.26. The molecule has 0 amide bonds. The van der Waals surface area contributed by atoms with Gasteiger partial charge in [-0.1, -0.05) is 24.6 Å². The van der Waals surface area contributed by atoms with Gasteiger partial charge in [-0.15, -0.1) is 0 Å². The smallest absolute Gasteiger partial charge is 0.128 e. The molecule has 0 fully saturated rings. The van der Waals surface area contributed by atoms with E-state index in [0.717, 1.165) is 29.2 Å². The van der Waals surface area contributed by atoms with Crippen molar-refractivity contribution in [3.05, 3.63) is 58.3 Å². The van der Waals surface area contributed by atoms with Crippen molar-refractivity contribution >= 4 is 0 Å². The summed E-state index contributed by atoms with van der Waals surface area (Å²) in [7, 11) is 0. The fourth-order valence-corrected chi connectivity index (χ4v) is 2.41. The molecule has 0 saturated heterocycles. The molecule has 0 aliphatic rings. The van der Waals surface area contributed by atoms with Gasteiger partial charge in [-0.25, -0.2) is 4.39 Å². The molecule has 0 saturated carbocycles. The van der Waals surface area contributed by atoms with E-state index < -0.39 is 0 Å². The molecule has 1 aromatic carbocycles. The van der Waals surface area contributed by atoms with Crippen LogP contribution in [0.1, 0.15) is 41.2 Å². The average Bonchev–Trinajstić information content (AvgIpc) is 2.69. The minimum absolute atomic E-state index is 0.164. The number of rotatable bonds is 4. The maximum absolute atomic E-state index is 14.1. The SMILES string of the molecule is CCNC(c1cc(C)ccc1F)c1cc(C)oc1C. The van der Waals surface area contributed by atoms with Crippen LogP contribution in [0.4, 0.5) is 4.39 Å². The van der Waals surface area contributed by atoms with Gasteiger partial charge in [0.25, 0.3) is 0 Å². The number of nitrogens with one attached hydrogen (secondary N) is 1. The molecule has 102 valence electrons. The second kappa shape index (κ2) is 5.57. The van der Waals surface area contributed by atoms with E-state index in [1.807, 2.05) is 39.8 Å². The zero-order chi connectivity index (χ0) is 14.0. The van der Waals surface area contributed by atoms with Gasteiger partial charge in [-0.05, 0) is 39.4 Å². The summed E-state index contributed by atoms with van der Waals surface area (Å²) in [6.07, 6.45) is 0. The zero-order valence-corrected chi connectivity index (χ0v) is 11.9. The van der Waals surface area contributed by atoms with E-state index in [9.17, 15) is 4.39 Å². The van der Waals surface area contributed by atoms with Crippen molar-refractivity contribution in [3.8, 4) is 0 Å². The van der Waals surface area contributed by atoms with Crippen LogP contribution in [0.3, 0.4) is 0 Å². The quantitative estimate of drug-likeness (QED) is 0.898.